The molecule has 2 fully saturated rings. The second-order valence-corrected chi connectivity index (χ2v) is 7.63. The quantitative estimate of drug-likeness (QED) is 0.713. The molecular weight excluding hydrogens is 340 g/mol. The van der Waals surface area contributed by atoms with Crippen LogP contribution in [0.15, 0.2) is 36.8 Å². The summed E-state index contributed by atoms with van der Waals surface area (Å²) in [5.74, 6) is 1.07. The summed E-state index contributed by atoms with van der Waals surface area (Å²) in [5, 5.41) is 8.58. The van der Waals surface area contributed by atoms with Gasteiger partial charge in [-0.3, -0.25) is 19.4 Å². The van der Waals surface area contributed by atoms with E-state index in [1.54, 1.807) is 12.4 Å². The first-order chi connectivity index (χ1) is 13.3. The van der Waals surface area contributed by atoms with E-state index in [9.17, 15) is 4.79 Å². The van der Waals surface area contributed by atoms with E-state index in [-0.39, 0.29) is 5.91 Å². The Labute approximate surface area is 157 Å². The maximum Gasteiger partial charge on any atom is 0.256 e. The fourth-order valence-corrected chi connectivity index (χ4v) is 3.97. The van der Waals surface area contributed by atoms with Crippen molar-refractivity contribution in [3.63, 3.8) is 0 Å². The molecule has 138 valence electrons. The molecule has 2 aromatic heterocycles. The van der Waals surface area contributed by atoms with Gasteiger partial charge in [-0.15, -0.1) is 5.10 Å². The molecule has 0 radical (unpaired) electrons. The van der Waals surface area contributed by atoms with E-state index in [1.165, 1.54) is 12.8 Å². The molecule has 1 amide bonds. The van der Waals surface area contributed by atoms with Crippen LogP contribution in [0.4, 0.5) is 0 Å². The molecule has 1 saturated heterocycles. The lowest BCUT2D eigenvalue weighted by Crippen LogP contribution is -2.41. The highest BCUT2D eigenvalue weighted by molar-refractivity contribution is 6.04. The minimum Gasteiger partial charge on any atom is -0.338 e. The first-order valence-corrected chi connectivity index (χ1v) is 9.67. The average molecular weight is 362 g/mol. The summed E-state index contributed by atoms with van der Waals surface area (Å²) in [5.41, 5.74) is 3.19. The second kappa shape index (κ2) is 6.72. The Bertz CT molecular complexity index is 974. The van der Waals surface area contributed by atoms with Crippen LogP contribution in [0, 0.1) is 5.92 Å². The van der Waals surface area contributed by atoms with Gasteiger partial charge in [0.05, 0.1) is 16.8 Å². The van der Waals surface area contributed by atoms with E-state index < -0.39 is 0 Å². The van der Waals surface area contributed by atoms with E-state index in [4.69, 9.17) is 0 Å². The minimum absolute atomic E-state index is 0.0445. The number of aromatic nitrogens is 5. The number of para-hydroxylation sites is 1. The fraction of sp³-hybridized carbons (Fsp3) is 0.450. The molecule has 1 atom stereocenters. The molecule has 5 rings (SSSR count). The van der Waals surface area contributed by atoms with Crippen LogP contribution in [0.25, 0.3) is 11.0 Å². The van der Waals surface area contributed by atoms with Crippen molar-refractivity contribution >= 4 is 16.9 Å². The summed E-state index contributed by atoms with van der Waals surface area (Å²) in [6.45, 7) is 2.35. The zero-order chi connectivity index (χ0) is 18.2. The molecule has 0 N–H and O–H groups in total. The number of carbonyl (C=O) groups excluding carboxylic acids is 1. The highest BCUT2D eigenvalue weighted by Crippen LogP contribution is 2.38. The van der Waals surface area contributed by atoms with Crippen LogP contribution in [-0.2, 0) is 6.54 Å². The topological polar surface area (TPSA) is 76.8 Å². The highest BCUT2D eigenvalue weighted by atomic mass is 16.2. The van der Waals surface area contributed by atoms with Crippen molar-refractivity contribution in [3.05, 3.63) is 48.0 Å². The monoisotopic (exact) mass is 362 g/mol. The van der Waals surface area contributed by atoms with Crippen molar-refractivity contribution in [2.45, 2.75) is 38.1 Å². The molecule has 3 aromatic rings. The number of piperidine rings is 1. The van der Waals surface area contributed by atoms with Crippen LogP contribution < -0.4 is 0 Å². The number of carbonyl (C=O) groups is 1. The van der Waals surface area contributed by atoms with Crippen LogP contribution in [0.3, 0.4) is 0 Å². The molecule has 1 aromatic carbocycles. The molecule has 7 heteroatoms. The van der Waals surface area contributed by atoms with Crippen LogP contribution in [-0.4, -0.2) is 48.9 Å². The summed E-state index contributed by atoms with van der Waals surface area (Å²) in [4.78, 5) is 23.8. The van der Waals surface area contributed by atoms with Gasteiger partial charge in [0, 0.05) is 44.1 Å². The maximum absolute atomic E-state index is 13.1. The molecule has 1 unspecified atom stereocenters. The van der Waals surface area contributed by atoms with E-state index in [0.29, 0.717) is 22.9 Å². The summed E-state index contributed by atoms with van der Waals surface area (Å²) in [7, 11) is 0. The lowest BCUT2D eigenvalue weighted by molar-refractivity contribution is 0.0661. The number of benzene rings is 1. The second-order valence-electron chi connectivity index (χ2n) is 7.63. The lowest BCUT2D eigenvalue weighted by atomic mass is 9.97. The van der Waals surface area contributed by atoms with Gasteiger partial charge in [-0.25, -0.2) is 0 Å². The van der Waals surface area contributed by atoms with E-state index in [2.05, 4.69) is 26.5 Å². The van der Waals surface area contributed by atoms with Gasteiger partial charge >= 0.3 is 0 Å². The van der Waals surface area contributed by atoms with Gasteiger partial charge in [0.1, 0.15) is 5.52 Å². The van der Waals surface area contributed by atoms with E-state index in [1.807, 2.05) is 27.8 Å². The van der Waals surface area contributed by atoms with E-state index >= 15 is 0 Å². The fourth-order valence-electron chi connectivity index (χ4n) is 3.97. The van der Waals surface area contributed by atoms with Crippen molar-refractivity contribution in [2.75, 3.05) is 13.1 Å². The zero-order valence-corrected chi connectivity index (χ0v) is 15.2. The summed E-state index contributed by atoms with van der Waals surface area (Å²) >= 11 is 0. The molecule has 0 spiro atoms. The minimum atomic E-state index is 0.0445. The molecule has 1 aliphatic heterocycles. The van der Waals surface area contributed by atoms with Crippen molar-refractivity contribution in [1.29, 1.82) is 0 Å². The predicted molar refractivity (Wildman–Crippen MR) is 100 cm³/mol. The number of rotatable bonds is 4. The van der Waals surface area contributed by atoms with Gasteiger partial charge in [0.15, 0.2) is 0 Å². The largest absolute Gasteiger partial charge is 0.338 e. The number of hydrogen-bond donors (Lipinski definition) is 0. The van der Waals surface area contributed by atoms with Gasteiger partial charge in [-0.2, -0.15) is 0 Å². The normalized spacial score (nSPS) is 20.1. The average Bonchev–Trinajstić information content (AvgIpc) is 3.47. The van der Waals surface area contributed by atoms with Crippen LogP contribution >= 0.6 is 0 Å². The Hall–Kier alpha value is -2.83. The zero-order valence-electron chi connectivity index (χ0n) is 15.2. The Morgan fingerprint density at radius 2 is 2.04 bits per heavy atom. The summed E-state index contributed by atoms with van der Waals surface area (Å²) in [6.07, 6.45) is 9.96. The van der Waals surface area contributed by atoms with Gasteiger partial charge < -0.3 is 4.90 Å². The van der Waals surface area contributed by atoms with Crippen molar-refractivity contribution in [1.82, 2.24) is 29.9 Å². The Morgan fingerprint density at radius 3 is 2.93 bits per heavy atom. The standard InChI is InChI=1S/C20H22N6O/c27-20(16-4-1-5-17-19(16)22-9-8-21-17)25-10-2-3-14(11-25)12-26-13-18(23-24-26)15-6-7-15/h1,4-5,8-9,13-15H,2-3,6-7,10-12H2. The molecule has 0 bridgehead atoms. The smallest absolute Gasteiger partial charge is 0.256 e. The third kappa shape index (κ3) is 3.29. The van der Waals surface area contributed by atoms with Crippen molar-refractivity contribution in [2.24, 2.45) is 5.92 Å². The number of hydrogen-bond acceptors (Lipinski definition) is 5. The number of fused-ring (bicyclic) bond motifs is 1. The Kier molecular flexibility index (Phi) is 4.07. The van der Waals surface area contributed by atoms with Gasteiger partial charge in [0.2, 0.25) is 0 Å². The van der Waals surface area contributed by atoms with Crippen LogP contribution in [0.1, 0.15) is 47.7 Å². The molecule has 2 aliphatic rings. The molecule has 27 heavy (non-hydrogen) atoms. The third-order valence-electron chi connectivity index (χ3n) is 5.53. The Morgan fingerprint density at radius 1 is 1.15 bits per heavy atom. The lowest BCUT2D eigenvalue weighted by Gasteiger charge is -2.32. The Balaban J connectivity index is 1.31. The van der Waals surface area contributed by atoms with Gasteiger partial charge in [0.25, 0.3) is 5.91 Å². The number of likely N-dealkylation sites (tertiary alicyclic amines) is 1. The molecule has 7 nitrogen and oxygen atoms in total. The van der Waals surface area contributed by atoms with Crippen LogP contribution in [0.5, 0.6) is 0 Å². The number of nitrogens with zero attached hydrogens (tertiary/aromatic N) is 6. The SMILES string of the molecule is O=C(c1cccc2nccnc12)N1CCCC(Cn2cc(C3CC3)nn2)C1. The highest BCUT2D eigenvalue weighted by Gasteiger charge is 2.28. The molecule has 3 heterocycles. The van der Waals surface area contributed by atoms with Crippen LogP contribution in [0.2, 0.25) is 0 Å². The molecule has 1 aliphatic carbocycles. The first-order valence-electron chi connectivity index (χ1n) is 9.67. The summed E-state index contributed by atoms with van der Waals surface area (Å²) < 4.78 is 1.95. The van der Waals surface area contributed by atoms with Crippen molar-refractivity contribution in [3.8, 4) is 0 Å². The maximum atomic E-state index is 13.1. The molecule has 1 saturated carbocycles. The predicted octanol–water partition coefficient (Wildman–Crippen LogP) is 2.65. The first kappa shape index (κ1) is 16.4. The van der Waals surface area contributed by atoms with Gasteiger partial charge in [-0.05, 0) is 43.7 Å². The molecular formula is C20H22N6O. The number of amides is 1. The van der Waals surface area contributed by atoms with Gasteiger partial charge in [-0.1, -0.05) is 11.3 Å². The van der Waals surface area contributed by atoms with Crippen molar-refractivity contribution < 1.29 is 4.79 Å². The third-order valence-corrected chi connectivity index (χ3v) is 5.53. The van der Waals surface area contributed by atoms with E-state index in [0.717, 1.165) is 43.7 Å². The summed E-state index contributed by atoms with van der Waals surface area (Å²) in [6, 6.07) is 5.61.